The van der Waals surface area contributed by atoms with Crippen molar-refractivity contribution in [2.24, 2.45) is 0 Å². The number of hydrogen-bond acceptors (Lipinski definition) is 6. The van der Waals surface area contributed by atoms with Crippen LogP contribution in [0.25, 0.3) is 0 Å². The summed E-state index contributed by atoms with van der Waals surface area (Å²) in [6.45, 7) is -0.573. The summed E-state index contributed by atoms with van der Waals surface area (Å²) in [6.07, 6.45) is -1.02. The van der Waals surface area contributed by atoms with E-state index in [0.717, 1.165) is 10.8 Å². The van der Waals surface area contributed by atoms with Crippen molar-refractivity contribution < 1.29 is 18.6 Å². The quantitative estimate of drug-likeness (QED) is 0.705. The maximum absolute atomic E-state index is 13.0. The molecule has 2 atom stereocenters. The first-order chi connectivity index (χ1) is 9.53. The second kappa shape index (κ2) is 5.39. The van der Waals surface area contributed by atoms with E-state index in [1.807, 2.05) is 0 Å². The van der Waals surface area contributed by atoms with Gasteiger partial charge in [-0.15, -0.1) is 0 Å². The lowest BCUT2D eigenvalue weighted by Gasteiger charge is -2.15. The van der Waals surface area contributed by atoms with Crippen LogP contribution in [0.2, 0.25) is 0 Å². The van der Waals surface area contributed by atoms with Gasteiger partial charge in [0, 0.05) is 17.3 Å². The monoisotopic (exact) mass is 286 g/mol. The Balaban J connectivity index is 2.53. The van der Waals surface area contributed by atoms with Crippen LogP contribution in [-0.2, 0) is 4.74 Å². The van der Waals surface area contributed by atoms with Gasteiger partial charge >= 0.3 is 5.69 Å². The molecule has 1 aliphatic heterocycles. The molecule has 7 nitrogen and oxygen atoms in total. The third-order valence-electron chi connectivity index (χ3n) is 2.90. The van der Waals surface area contributed by atoms with Crippen LogP contribution in [0.5, 0.6) is 0 Å². The highest BCUT2D eigenvalue weighted by Gasteiger charge is 2.37. The molecule has 2 rings (SSSR count). The fraction of sp³-hybridized carbons (Fsp3) is 0.273. The maximum atomic E-state index is 13.0. The summed E-state index contributed by atoms with van der Waals surface area (Å²) in [5, 5.41) is 9.08. The lowest BCUT2D eigenvalue weighted by atomic mass is 10.1. The largest absolute Gasteiger partial charge is 0.395 e. The van der Waals surface area contributed by atoms with Gasteiger partial charge in [0.25, 0.3) is 0 Å². The van der Waals surface area contributed by atoms with Gasteiger partial charge in [0.15, 0.2) is 12.0 Å². The lowest BCUT2D eigenvalue weighted by molar-refractivity contribution is -0.00849. The van der Waals surface area contributed by atoms with Crippen LogP contribution in [-0.4, -0.2) is 27.4 Å². The Bertz CT molecular complexity index is 641. The van der Waals surface area contributed by atoms with E-state index in [0.29, 0.717) is 0 Å². The Morgan fingerprint density at radius 1 is 1.40 bits per heavy atom. The van der Waals surface area contributed by atoms with Crippen molar-refractivity contribution >= 4 is 11.5 Å². The van der Waals surface area contributed by atoms with Gasteiger partial charge in [-0.3, -0.25) is 4.57 Å². The second-order valence-electron chi connectivity index (χ2n) is 4.06. The molecule has 0 aliphatic carbocycles. The summed E-state index contributed by atoms with van der Waals surface area (Å²) in [5.41, 5.74) is 9.62. The smallest absolute Gasteiger partial charge is 0.352 e. The molecule has 108 valence electrons. The molecule has 9 heteroatoms. The van der Waals surface area contributed by atoms with E-state index in [4.69, 9.17) is 21.3 Å². The number of nitrogens with zero attached hydrogens (tertiary/aromatic N) is 2. The van der Waals surface area contributed by atoms with Crippen LogP contribution in [0.4, 0.5) is 20.3 Å². The Kier molecular flexibility index (Phi) is 3.81. The van der Waals surface area contributed by atoms with Gasteiger partial charge in [0.1, 0.15) is 6.10 Å². The molecular weight excluding hydrogens is 274 g/mol. The van der Waals surface area contributed by atoms with Crippen LogP contribution < -0.4 is 17.2 Å². The molecule has 1 aromatic rings. The topological polar surface area (TPSA) is 116 Å². The van der Waals surface area contributed by atoms with Crippen molar-refractivity contribution in [3.05, 3.63) is 40.5 Å². The summed E-state index contributed by atoms with van der Waals surface area (Å²) in [6, 6.07) is 0. The van der Waals surface area contributed by atoms with Gasteiger partial charge in [0.2, 0.25) is 0 Å². The summed E-state index contributed by atoms with van der Waals surface area (Å²) >= 11 is 0. The average molecular weight is 286 g/mol. The van der Waals surface area contributed by atoms with Crippen LogP contribution in [0, 0.1) is 0 Å². The standard InChI is InChI=1S/C11H12F2N4O3/c12-1-5-6(2-13)10(20-8(5)4-18)17-3-7(14)9(15)16-11(17)19/h1-3,8,10,18H,4,14H2,(H2,15,16,19). The number of aliphatic hydroxyl groups excluding tert-OH is 1. The molecule has 1 fully saturated rings. The highest BCUT2D eigenvalue weighted by Crippen LogP contribution is 2.38. The predicted octanol–water partition coefficient (Wildman–Crippen LogP) is 0.00420. The molecule has 2 unspecified atom stereocenters. The Labute approximate surface area is 111 Å². The number of aromatic nitrogens is 2. The molecule has 1 saturated heterocycles. The van der Waals surface area contributed by atoms with E-state index in [1.165, 1.54) is 0 Å². The molecule has 0 saturated carbocycles. The van der Waals surface area contributed by atoms with E-state index in [9.17, 15) is 13.6 Å². The van der Waals surface area contributed by atoms with Crippen LogP contribution in [0.1, 0.15) is 6.23 Å². The number of anilines is 2. The normalized spacial score (nSPS) is 26.6. The van der Waals surface area contributed by atoms with Crippen molar-refractivity contribution in [3.8, 4) is 0 Å². The van der Waals surface area contributed by atoms with Gasteiger partial charge in [-0.25, -0.2) is 13.6 Å². The number of halogens is 2. The lowest BCUT2D eigenvalue weighted by Crippen LogP contribution is -2.29. The van der Waals surface area contributed by atoms with Crippen molar-refractivity contribution in [1.82, 2.24) is 9.55 Å². The Morgan fingerprint density at radius 3 is 2.60 bits per heavy atom. The number of nitrogen functional groups attached to an aromatic ring is 2. The number of rotatable bonds is 2. The van der Waals surface area contributed by atoms with E-state index in [2.05, 4.69) is 4.98 Å². The first-order valence-corrected chi connectivity index (χ1v) is 5.54. The molecule has 0 bridgehead atoms. The van der Waals surface area contributed by atoms with Gasteiger partial charge in [-0.2, -0.15) is 4.98 Å². The van der Waals surface area contributed by atoms with E-state index in [1.54, 1.807) is 0 Å². The van der Waals surface area contributed by atoms with E-state index >= 15 is 0 Å². The molecule has 2 heterocycles. The van der Waals surface area contributed by atoms with Gasteiger partial charge in [-0.05, 0) is 0 Å². The molecular formula is C11H12F2N4O3. The van der Waals surface area contributed by atoms with Gasteiger partial charge in [-0.1, -0.05) is 0 Å². The summed E-state index contributed by atoms with van der Waals surface area (Å²) in [7, 11) is 0. The molecule has 0 amide bonds. The minimum absolute atomic E-state index is 0.00960. The number of nitrogens with two attached hydrogens (primary N) is 2. The first-order valence-electron chi connectivity index (χ1n) is 5.54. The Morgan fingerprint density at radius 2 is 2.05 bits per heavy atom. The molecule has 5 N–H and O–H groups in total. The minimum atomic E-state index is -1.28. The fourth-order valence-electron chi connectivity index (χ4n) is 1.90. The zero-order valence-electron chi connectivity index (χ0n) is 10.2. The molecule has 0 aromatic carbocycles. The summed E-state index contributed by atoms with van der Waals surface area (Å²) in [5.74, 6) is -0.171. The highest BCUT2D eigenvalue weighted by atomic mass is 19.1. The maximum Gasteiger partial charge on any atom is 0.352 e. The third kappa shape index (κ3) is 2.17. The summed E-state index contributed by atoms with van der Waals surface area (Å²) < 4.78 is 31.9. The van der Waals surface area contributed by atoms with Crippen molar-refractivity contribution in [2.45, 2.75) is 12.3 Å². The number of hydrogen-bond donors (Lipinski definition) is 3. The molecule has 20 heavy (non-hydrogen) atoms. The second-order valence-corrected chi connectivity index (χ2v) is 4.06. The SMILES string of the molecule is Nc1cn(C2OC(CO)C(=CF)C2=CF)c(=O)nc1N. The zero-order chi connectivity index (χ0) is 14.9. The van der Waals surface area contributed by atoms with Crippen molar-refractivity contribution in [3.63, 3.8) is 0 Å². The van der Waals surface area contributed by atoms with Gasteiger partial charge in [0.05, 0.1) is 25.0 Å². The highest BCUT2D eigenvalue weighted by molar-refractivity contribution is 5.55. The molecule has 1 aromatic heterocycles. The minimum Gasteiger partial charge on any atom is -0.395 e. The van der Waals surface area contributed by atoms with Crippen molar-refractivity contribution in [2.75, 3.05) is 18.1 Å². The van der Waals surface area contributed by atoms with Crippen LogP contribution in [0.15, 0.2) is 34.8 Å². The Hall–Kier alpha value is -2.26. The van der Waals surface area contributed by atoms with E-state index < -0.39 is 24.6 Å². The van der Waals surface area contributed by atoms with Crippen molar-refractivity contribution in [1.29, 1.82) is 0 Å². The van der Waals surface area contributed by atoms with Crippen LogP contribution in [0.3, 0.4) is 0 Å². The molecule has 1 aliphatic rings. The molecule has 0 radical (unpaired) electrons. The first kappa shape index (κ1) is 14.2. The zero-order valence-corrected chi connectivity index (χ0v) is 10.2. The van der Waals surface area contributed by atoms with Crippen LogP contribution >= 0.6 is 0 Å². The predicted molar refractivity (Wildman–Crippen MR) is 66.7 cm³/mol. The third-order valence-corrected chi connectivity index (χ3v) is 2.90. The number of ether oxygens (including phenoxy) is 1. The number of aliphatic hydroxyl groups is 1. The van der Waals surface area contributed by atoms with E-state index in [-0.39, 0.29) is 35.3 Å². The molecule has 0 spiro atoms. The average Bonchev–Trinajstić information content (AvgIpc) is 2.80. The summed E-state index contributed by atoms with van der Waals surface area (Å²) in [4.78, 5) is 15.2. The fourth-order valence-corrected chi connectivity index (χ4v) is 1.90. The van der Waals surface area contributed by atoms with Gasteiger partial charge < -0.3 is 21.3 Å².